The van der Waals surface area contributed by atoms with Gasteiger partial charge >= 0.3 is 58.2 Å². The third-order valence-electron chi connectivity index (χ3n) is 0. The summed E-state index contributed by atoms with van der Waals surface area (Å²) in [6.07, 6.45) is 0. The Kier molecular flexibility index (Phi) is 107. The first-order chi connectivity index (χ1) is 0. The number of hydrogen-bond donors (Lipinski definition) is 0. The van der Waals surface area contributed by atoms with Gasteiger partial charge in [-0.1, -0.05) is 0 Å². The van der Waals surface area contributed by atoms with Gasteiger partial charge in [0.1, 0.15) is 0 Å². The van der Waals surface area contributed by atoms with E-state index in [1.54, 1.807) is 0 Å². The summed E-state index contributed by atoms with van der Waals surface area (Å²) in [5, 5.41) is 0. The van der Waals surface area contributed by atoms with Gasteiger partial charge in [-0.2, -0.15) is 0 Å². The predicted octanol–water partition coefficient (Wildman–Crippen LogP) is -1.85. The minimum atomic E-state index is 0. The first-order valence-corrected chi connectivity index (χ1v) is 0. The maximum atomic E-state index is 0. The Morgan fingerprint density at radius 3 is 1.25 bits per heavy atom. The van der Waals surface area contributed by atoms with E-state index in [0.29, 0.717) is 0 Å². The van der Waals surface area contributed by atoms with Crippen molar-refractivity contribution in [3.8, 4) is 0 Å². The van der Waals surface area contributed by atoms with Crippen molar-refractivity contribution < 1.29 is 76.7 Å². The van der Waals surface area contributed by atoms with Crippen LogP contribution < -0.4 is 58.2 Å². The minimum absolute atomic E-state index is 0. The van der Waals surface area contributed by atoms with Crippen molar-refractivity contribution in [2.45, 2.75) is 0 Å². The van der Waals surface area contributed by atoms with E-state index >= 15 is 0 Å². The van der Waals surface area contributed by atoms with E-state index in [1.165, 1.54) is 0 Å². The monoisotopic (exact) mass is 313 g/mol. The Bertz CT molecular complexity index is 11.6. The number of hydrogen-bond acceptors (Lipinski definition) is 0. The largest absolute Gasteiger partial charge is 1.00 e. The predicted molar refractivity (Wildman–Crippen MR) is 23.8 cm³/mol. The summed E-state index contributed by atoms with van der Waals surface area (Å²) in [7, 11) is 0. The Morgan fingerprint density at radius 2 is 1.25 bits per heavy atom. The van der Waals surface area contributed by atoms with Crippen molar-refractivity contribution in [2.75, 3.05) is 0 Å². The van der Waals surface area contributed by atoms with Gasteiger partial charge in [0.25, 0.3) is 0 Å². The van der Waals surface area contributed by atoms with Crippen LogP contribution in [0.15, 0.2) is 0 Å². The number of halogens is 2. The van der Waals surface area contributed by atoms with Crippen LogP contribution >= 0.6 is 36.4 Å². The molecule has 0 aromatic carbocycles. The second-order valence-electron chi connectivity index (χ2n) is 0. The fourth-order valence-electron chi connectivity index (χ4n) is 0. The van der Waals surface area contributed by atoms with E-state index in [0.717, 1.165) is 0 Å². The topological polar surface area (TPSA) is 0 Å². The van der Waals surface area contributed by atoms with Crippen LogP contribution in [-0.2, 0) is 17.1 Å². The maximum absolute atomic E-state index is 0. The second-order valence-corrected chi connectivity index (χ2v) is 0. The van der Waals surface area contributed by atoms with Crippen LogP contribution in [0, 0.1) is 0 Å². The third-order valence-corrected chi connectivity index (χ3v) is 0. The quantitative estimate of drug-likeness (QED) is 0.364. The third kappa shape index (κ3) is 9.02. The van der Waals surface area contributed by atoms with Crippen molar-refractivity contribution in [1.29, 1.82) is 0 Å². The maximum Gasteiger partial charge on any atom is 1.00 e. The van der Waals surface area contributed by atoms with E-state index in [2.05, 4.69) is 0 Å². The zero-order valence-corrected chi connectivity index (χ0v) is 11.1. The van der Waals surface area contributed by atoms with Crippen LogP contribution in [0.2, 0.25) is 0 Å². The molecular weight excluding hydrogens is 311 g/mol. The van der Waals surface area contributed by atoms with Crippen LogP contribution in [0.4, 0.5) is 0 Å². The Hall–Kier alpha value is 3.34. The van der Waals surface area contributed by atoms with Crippen molar-refractivity contribution in [1.82, 2.24) is 0 Å². The van der Waals surface area contributed by atoms with E-state index in [1.807, 2.05) is 0 Å². The molecule has 0 aliphatic carbocycles. The van der Waals surface area contributed by atoms with Gasteiger partial charge in [0.05, 0.1) is 0 Å². The molecule has 0 fully saturated rings. The van der Waals surface area contributed by atoms with Gasteiger partial charge in [0.2, 0.25) is 0 Å². The molecule has 0 atom stereocenters. The van der Waals surface area contributed by atoms with Crippen LogP contribution in [0.25, 0.3) is 0 Å². The van der Waals surface area contributed by atoms with Crippen LogP contribution in [-0.4, -0.2) is 0 Å². The summed E-state index contributed by atoms with van der Waals surface area (Å²) in [6, 6.07) is 0. The Balaban J connectivity index is 0. The molecule has 0 aliphatic rings. The molecule has 0 heterocycles. The van der Waals surface area contributed by atoms with Crippen molar-refractivity contribution >= 4 is 36.4 Å². The molecule has 0 aromatic rings. The molecule has 0 unspecified atom stereocenters. The molecule has 1 radical (unpaired) electrons. The molecular formula is H3ClCuIRb. The minimum Gasteiger partial charge on any atom is -1.00 e. The van der Waals surface area contributed by atoms with Crippen LogP contribution in [0.3, 0.4) is 0 Å². The van der Waals surface area contributed by atoms with Crippen LogP contribution in [0.1, 0.15) is 1.43 Å². The molecule has 4 heavy (non-hydrogen) atoms. The fourth-order valence-corrected chi connectivity index (χ4v) is 0. The summed E-state index contributed by atoms with van der Waals surface area (Å²) in [4.78, 5) is 0. The Morgan fingerprint density at radius 1 is 1.25 bits per heavy atom. The molecule has 0 aromatic heterocycles. The van der Waals surface area contributed by atoms with Gasteiger partial charge in [0, 0.05) is 17.1 Å². The normalized spacial score (nSPS) is 0. The summed E-state index contributed by atoms with van der Waals surface area (Å²) < 4.78 is 0. The van der Waals surface area contributed by atoms with Gasteiger partial charge < -0.3 is 1.43 Å². The van der Waals surface area contributed by atoms with Gasteiger partial charge in [0.15, 0.2) is 0 Å². The van der Waals surface area contributed by atoms with Gasteiger partial charge in [-0.3, -0.25) is 0 Å². The summed E-state index contributed by atoms with van der Waals surface area (Å²) in [5.41, 5.74) is 0. The van der Waals surface area contributed by atoms with Crippen molar-refractivity contribution in [3.05, 3.63) is 0 Å². The average molecular weight is 314 g/mol. The molecule has 0 aliphatic heterocycles. The summed E-state index contributed by atoms with van der Waals surface area (Å²) in [5.74, 6) is 0. The molecule has 0 rings (SSSR count). The number of rotatable bonds is 0. The van der Waals surface area contributed by atoms with Crippen molar-refractivity contribution in [2.24, 2.45) is 0 Å². The second kappa shape index (κ2) is 16.2. The molecule has 4 heteroatoms. The van der Waals surface area contributed by atoms with Crippen molar-refractivity contribution in [3.63, 3.8) is 0 Å². The van der Waals surface area contributed by atoms with Crippen LogP contribution in [0.5, 0.6) is 0 Å². The molecule has 0 bridgehead atoms. The zero-order chi connectivity index (χ0) is 0. The fraction of sp³-hybridized carbons (Fsp3) is 0. The van der Waals surface area contributed by atoms with E-state index in [-0.39, 0.29) is 113 Å². The smallest absolute Gasteiger partial charge is 1.00 e. The SMILES string of the molecule is Cl.I.[Cu].[H-].[Rb+]. The average Bonchev–Trinajstić information content (AvgIpc) is 0. The first kappa shape index (κ1) is 26.4. The summed E-state index contributed by atoms with van der Waals surface area (Å²) >= 11 is 0. The van der Waals surface area contributed by atoms with Gasteiger partial charge in [-0.05, 0) is 0 Å². The van der Waals surface area contributed by atoms with E-state index in [4.69, 9.17) is 0 Å². The summed E-state index contributed by atoms with van der Waals surface area (Å²) in [6.45, 7) is 0. The molecule has 0 saturated carbocycles. The molecule has 0 saturated heterocycles. The molecule has 0 nitrogen and oxygen atoms in total. The van der Waals surface area contributed by atoms with E-state index < -0.39 is 0 Å². The van der Waals surface area contributed by atoms with Gasteiger partial charge in [-0.25, -0.2) is 0 Å². The first-order valence-electron chi connectivity index (χ1n) is 0. The van der Waals surface area contributed by atoms with Gasteiger partial charge in [-0.15, -0.1) is 36.4 Å². The Labute approximate surface area is 110 Å². The molecule has 0 spiro atoms. The zero-order valence-electron chi connectivity index (χ0n) is 3.12. The molecule has 29 valence electrons. The molecule has 0 amide bonds. The van der Waals surface area contributed by atoms with E-state index in [9.17, 15) is 0 Å². The standard InChI is InChI=1S/ClH.Cu.HI.Rb.H/h1H;;1H;;/q;;;+1;-1. The molecule has 0 N–H and O–H groups in total.